The second kappa shape index (κ2) is 7.20. The van der Waals surface area contributed by atoms with Crippen molar-refractivity contribution in [1.29, 1.82) is 0 Å². The van der Waals surface area contributed by atoms with Gasteiger partial charge >= 0.3 is 0 Å². The number of anilines is 1. The number of aryl methyl sites for hydroxylation is 1. The normalized spacial score (nSPS) is 11.5. The Morgan fingerprint density at radius 2 is 1.77 bits per heavy atom. The van der Waals surface area contributed by atoms with Gasteiger partial charge in [-0.2, -0.15) is 5.10 Å². The molecule has 0 spiro atoms. The monoisotopic (exact) mass is 437 g/mol. The van der Waals surface area contributed by atoms with Gasteiger partial charge in [0.1, 0.15) is 5.82 Å². The minimum absolute atomic E-state index is 0.154. The van der Waals surface area contributed by atoms with Crippen molar-refractivity contribution in [3.63, 3.8) is 0 Å². The highest BCUT2D eigenvalue weighted by Gasteiger charge is 2.20. The second-order valence-corrected chi connectivity index (χ2v) is 8.45. The quantitative estimate of drug-likeness (QED) is 0.648. The van der Waals surface area contributed by atoms with Crippen LogP contribution in [0.2, 0.25) is 0 Å². The largest absolute Gasteiger partial charge is 0.276 e. The van der Waals surface area contributed by atoms with Crippen LogP contribution in [0.3, 0.4) is 0 Å². The summed E-state index contributed by atoms with van der Waals surface area (Å²) >= 11 is 3.28. The number of nitrogens with one attached hydrogen (secondary N) is 1. The fraction of sp³-hybridized carbons (Fsp3) is 0.167. The van der Waals surface area contributed by atoms with Gasteiger partial charge in [-0.3, -0.25) is 9.40 Å². The summed E-state index contributed by atoms with van der Waals surface area (Å²) in [6.45, 7) is 3.68. The molecule has 0 aliphatic heterocycles. The number of hydrogen-bond donors (Lipinski definition) is 1. The Labute approximate surface area is 160 Å². The number of hydrogen-bond acceptors (Lipinski definition) is 3. The molecule has 0 fully saturated rings. The smallest absolute Gasteiger partial charge is 0.262 e. The lowest BCUT2D eigenvalue weighted by atomic mass is 10.2. The van der Waals surface area contributed by atoms with Crippen LogP contribution in [0, 0.1) is 19.7 Å². The third-order valence-corrected chi connectivity index (χ3v) is 5.91. The van der Waals surface area contributed by atoms with E-state index in [2.05, 4.69) is 25.8 Å². The van der Waals surface area contributed by atoms with Gasteiger partial charge in [-0.15, -0.1) is 0 Å². The van der Waals surface area contributed by atoms with Crippen molar-refractivity contribution in [3.05, 3.63) is 75.8 Å². The first-order chi connectivity index (χ1) is 12.3. The van der Waals surface area contributed by atoms with Crippen LogP contribution >= 0.6 is 15.9 Å². The van der Waals surface area contributed by atoms with Crippen LogP contribution in [-0.4, -0.2) is 18.2 Å². The predicted octanol–water partition coefficient (Wildman–Crippen LogP) is 4.25. The zero-order chi connectivity index (χ0) is 18.9. The minimum atomic E-state index is -3.74. The fourth-order valence-corrected chi connectivity index (χ4v) is 4.03. The van der Waals surface area contributed by atoms with Crippen LogP contribution in [0.1, 0.15) is 17.0 Å². The van der Waals surface area contributed by atoms with Crippen LogP contribution in [0.25, 0.3) is 0 Å². The van der Waals surface area contributed by atoms with Crippen molar-refractivity contribution in [2.45, 2.75) is 25.3 Å². The van der Waals surface area contributed by atoms with Gasteiger partial charge in [-0.05, 0) is 44.2 Å². The Kier molecular flexibility index (Phi) is 5.15. The van der Waals surface area contributed by atoms with Crippen LogP contribution in [0.4, 0.5) is 10.1 Å². The van der Waals surface area contributed by atoms with E-state index in [4.69, 9.17) is 0 Å². The first kappa shape index (κ1) is 18.6. The zero-order valence-corrected chi connectivity index (χ0v) is 16.6. The van der Waals surface area contributed by atoms with E-state index in [1.165, 1.54) is 18.2 Å². The van der Waals surface area contributed by atoms with Gasteiger partial charge in [0, 0.05) is 10.0 Å². The molecule has 0 saturated carbocycles. The van der Waals surface area contributed by atoms with E-state index in [9.17, 15) is 12.8 Å². The number of rotatable bonds is 5. The molecule has 0 amide bonds. The molecule has 0 atom stereocenters. The van der Waals surface area contributed by atoms with E-state index in [1.807, 2.05) is 0 Å². The van der Waals surface area contributed by atoms with Crippen molar-refractivity contribution < 1.29 is 12.8 Å². The standard InChI is InChI=1S/C18H17BrFN3O2S/c1-12-18(22-26(24,25)16-9-7-15(19)8-10-16)13(2)23(21-12)11-14-5-3-4-6-17(14)20/h3-10,22H,11H2,1-2H3. The molecule has 1 heterocycles. The fourth-order valence-electron chi connectivity index (χ4n) is 2.59. The van der Waals surface area contributed by atoms with Gasteiger partial charge < -0.3 is 0 Å². The Morgan fingerprint density at radius 3 is 2.42 bits per heavy atom. The number of nitrogens with zero attached hydrogens (tertiary/aromatic N) is 2. The summed E-state index contributed by atoms with van der Waals surface area (Å²) in [5.41, 5.74) is 2.04. The predicted molar refractivity (Wildman–Crippen MR) is 102 cm³/mol. The molecule has 136 valence electrons. The summed E-state index contributed by atoms with van der Waals surface area (Å²) in [7, 11) is -3.74. The molecule has 2 aromatic carbocycles. The highest BCUT2D eigenvalue weighted by molar-refractivity contribution is 9.10. The van der Waals surface area contributed by atoms with Gasteiger partial charge in [0.25, 0.3) is 10.0 Å². The molecule has 0 aliphatic carbocycles. The molecule has 3 aromatic rings. The summed E-state index contributed by atoms with van der Waals surface area (Å²) < 4.78 is 44.1. The summed E-state index contributed by atoms with van der Waals surface area (Å²) in [6.07, 6.45) is 0. The Bertz CT molecular complexity index is 1050. The summed E-state index contributed by atoms with van der Waals surface area (Å²) in [4.78, 5) is 0.154. The van der Waals surface area contributed by atoms with E-state index >= 15 is 0 Å². The molecule has 8 heteroatoms. The van der Waals surface area contributed by atoms with Crippen LogP contribution in [-0.2, 0) is 16.6 Å². The van der Waals surface area contributed by atoms with E-state index in [-0.39, 0.29) is 17.3 Å². The number of sulfonamides is 1. The third-order valence-electron chi connectivity index (χ3n) is 4.02. The molecule has 0 unspecified atom stereocenters. The molecule has 0 aliphatic rings. The zero-order valence-electron chi connectivity index (χ0n) is 14.2. The summed E-state index contributed by atoms with van der Waals surface area (Å²) in [6, 6.07) is 12.8. The summed E-state index contributed by atoms with van der Waals surface area (Å²) in [5.74, 6) is -0.322. The average Bonchev–Trinajstić information content (AvgIpc) is 2.84. The second-order valence-electron chi connectivity index (χ2n) is 5.85. The van der Waals surface area contributed by atoms with E-state index < -0.39 is 10.0 Å². The lowest BCUT2D eigenvalue weighted by Gasteiger charge is -2.10. The topological polar surface area (TPSA) is 64.0 Å². The SMILES string of the molecule is Cc1nn(Cc2ccccc2F)c(C)c1NS(=O)(=O)c1ccc(Br)cc1. The van der Waals surface area contributed by atoms with Crippen molar-refractivity contribution >= 4 is 31.6 Å². The first-order valence-electron chi connectivity index (χ1n) is 7.84. The van der Waals surface area contributed by atoms with E-state index in [0.717, 1.165) is 4.47 Å². The minimum Gasteiger partial charge on any atom is -0.276 e. The number of halogens is 2. The average molecular weight is 438 g/mol. The van der Waals surface area contributed by atoms with Crippen LogP contribution in [0.15, 0.2) is 57.9 Å². The molecular weight excluding hydrogens is 421 g/mol. The number of benzene rings is 2. The van der Waals surface area contributed by atoms with Crippen LogP contribution < -0.4 is 4.72 Å². The highest BCUT2D eigenvalue weighted by Crippen LogP contribution is 2.25. The van der Waals surface area contributed by atoms with Gasteiger partial charge in [0.15, 0.2) is 0 Å². The molecule has 1 N–H and O–H groups in total. The van der Waals surface area contributed by atoms with E-state index in [1.54, 1.807) is 48.9 Å². The summed E-state index contributed by atoms with van der Waals surface area (Å²) in [5, 5.41) is 4.35. The molecule has 26 heavy (non-hydrogen) atoms. The molecule has 0 saturated heterocycles. The third kappa shape index (κ3) is 3.81. The lowest BCUT2D eigenvalue weighted by molar-refractivity contribution is 0.579. The molecule has 0 bridgehead atoms. The van der Waals surface area contributed by atoms with E-state index in [0.29, 0.717) is 22.6 Å². The molecule has 5 nitrogen and oxygen atoms in total. The maximum Gasteiger partial charge on any atom is 0.262 e. The molecule has 1 aromatic heterocycles. The van der Waals surface area contributed by atoms with Gasteiger partial charge in [0.2, 0.25) is 0 Å². The molecule has 0 radical (unpaired) electrons. The Hall–Kier alpha value is -2.19. The van der Waals surface area contributed by atoms with Crippen molar-refractivity contribution in [2.24, 2.45) is 0 Å². The molecular formula is C18H17BrFN3O2S. The first-order valence-corrected chi connectivity index (χ1v) is 10.1. The maximum absolute atomic E-state index is 13.9. The van der Waals surface area contributed by atoms with Crippen molar-refractivity contribution in [2.75, 3.05) is 4.72 Å². The van der Waals surface area contributed by atoms with Crippen LogP contribution in [0.5, 0.6) is 0 Å². The Morgan fingerprint density at radius 1 is 1.12 bits per heavy atom. The van der Waals surface area contributed by atoms with Crippen molar-refractivity contribution in [1.82, 2.24) is 9.78 Å². The maximum atomic E-state index is 13.9. The lowest BCUT2D eigenvalue weighted by Crippen LogP contribution is -2.14. The van der Waals surface area contributed by atoms with Gasteiger partial charge in [-0.1, -0.05) is 34.1 Å². The highest BCUT2D eigenvalue weighted by atomic mass is 79.9. The van der Waals surface area contributed by atoms with Crippen molar-refractivity contribution in [3.8, 4) is 0 Å². The number of aromatic nitrogens is 2. The molecule has 3 rings (SSSR count). The Balaban J connectivity index is 1.91. The van der Waals surface area contributed by atoms with Gasteiger partial charge in [-0.25, -0.2) is 12.8 Å². The van der Waals surface area contributed by atoms with Gasteiger partial charge in [0.05, 0.1) is 28.5 Å².